The smallest absolute Gasteiger partial charge is 0.337 e. The minimum Gasteiger partial charge on any atom is -0.465 e. The van der Waals surface area contributed by atoms with E-state index in [4.69, 9.17) is 25.7 Å². The fraction of sp³-hybridized carbons (Fsp3) is 0.462. The average molecular weight is 831 g/mol. The zero-order valence-corrected chi connectivity index (χ0v) is 33.1. The number of nitro groups is 2. The van der Waals surface area contributed by atoms with E-state index >= 15 is 0 Å². The molecule has 3 saturated heterocycles. The SMILES string of the molecule is COC(=O)c1ccc(N)c(NC[C@@H]2CCCO2)c1.COC(=O)c1ccc([N+](=O)[O-])c(F)c1.COC(=O)c1ccc([N+](=O)[O-])c(NC[C@@H]2CCCO2)c1.NC[C@@H]1CCCO1. The van der Waals surface area contributed by atoms with E-state index in [-0.39, 0.29) is 35.0 Å². The molecule has 20 heteroatoms. The highest BCUT2D eigenvalue weighted by atomic mass is 19.1. The maximum atomic E-state index is 12.9. The van der Waals surface area contributed by atoms with Gasteiger partial charge in [-0.25, -0.2) is 14.4 Å². The Labute approximate surface area is 340 Å². The van der Waals surface area contributed by atoms with E-state index in [1.54, 1.807) is 18.2 Å². The number of nitro benzene ring substituents is 2. The van der Waals surface area contributed by atoms with Crippen LogP contribution in [0, 0.1) is 26.0 Å². The maximum absolute atomic E-state index is 12.9. The van der Waals surface area contributed by atoms with Crippen LogP contribution < -0.4 is 22.1 Å². The highest BCUT2D eigenvalue weighted by Gasteiger charge is 2.21. The Hall–Kier alpha value is -5.96. The van der Waals surface area contributed by atoms with Crippen LogP contribution >= 0.6 is 0 Å². The summed E-state index contributed by atoms with van der Waals surface area (Å²) in [5, 5.41) is 27.4. The molecule has 6 rings (SSSR count). The van der Waals surface area contributed by atoms with Gasteiger partial charge in [-0.15, -0.1) is 0 Å². The van der Waals surface area contributed by atoms with Gasteiger partial charge in [0.15, 0.2) is 0 Å². The molecule has 322 valence electrons. The second-order valence-electron chi connectivity index (χ2n) is 13.1. The Bertz CT molecular complexity index is 1870. The molecule has 3 aliphatic heterocycles. The first-order valence-electron chi connectivity index (χ1n) is 18.7. The summed E-state index contributed by atoms with van der Waals surface area (Å²) in [5.41, 5.74) is 12.8. The largest absolute Gasteiger partial charge is 0.465 e. The molecule has 3 heterocycles. The van der Waals surface area contributed by atoms with E-state index in [0.717, 1.165) is 82.9 Å². The molecule has 0 aliphatic carbocycles. The number of rotatable bonds is 12. The van der Waals surface area contributed by atoms with E-state index in [2.05, 4.69) is 24.8 Å². The number of nitrogens with one attached hydrogen (secondary N) is 2. The number of methoxy groups -OCH3 is 3. The number of carbonyl (C=O) groups excluding carboxylic acids is 3. The van der Waals surface area contributed by atoms with E-state index in [0.29, 0.717) is 42.7 Å². The molecule has 0 amide bonds. The van der Waals surface area contributed by atoms with Crippen molar-refractivity contribution in [1.29, 1.82) is 0 Å². The number of nitrogens with two attached hydrogens (primary N) is 2. The summed E-state index contributed by atoms with van der Waals surface area (Å²) >= 11 is 0. The molecule has 6 N–H and O–H groups in total. The van der Waals surface area contributed by atoms with Gasteiger partial charge in [0.1, 0.15) is 5.69 Å². The third kappa shape index (κ3) is 15.4. The average Bonchev–Trinajstić information content (AvgIpc) is 4.08. The van der Waals surface area contributed by atoms with Crippen LogP contribution in [0.15, 0.2) is 54.6 Å². The highest BCUT2D eigenvalue weighted by Crippen LogP contribution is 2.27. The van der Waals surface area contributed by atoms with Crippen molar-refractivity contribution in [3.05, 3.63) is 97.3 Å². The quantitative estimate of drug-likeness (QED) is 0.0596. The summed E-state index contributed by atoms with van der Waals surface area (Å²) in [7, 11) is 3.77. The molecule has 0 unspecified atom stereocenters. The van der Waals surface area contributed by atoms with Crippen LogP contribution in [-0.2, 0) is 28.4 Å². The molecule has 0 bridgehead atoms. The van der Waals surface area contributed by atoms with Gasteiger partial charge in [0.2, 0.25) is 5.82 Å². The highest BCUT2D eigenvalue weighted by molar-refractivity contribution is 5.92. The molecule has 3 aromatic rings. The number of nitrogen functional groups attached to an aromatic ring is 1. The monoisotopic (exact) mass is 830 g/mol. The number of ether oxygens (including phenoxy) is 6. The number of esters is 3. The van der Waals surface area contributed by atoms with E-state index in [1.807, 2.05) is 0 Å². The van der Waals surface area contributed by atoms with Crippen LogP contribution in [0.1, 0.15) is 69.6 Å². The Morgan fingerprint density at radius 3 is 1.47 bits per heavy atom. The van der Waals surface area contributed by atoms with Crippen LogP contribution in [0.4, 0.5) is 32.8 Å². The van der Waals surface area contributed by atoms with Crippen molar-refractivity contribution in [2.24, 2.45) is 5.73 Å². The van der Waals surface area contributed by atoms with E-state index in [1.165, 1.54) is 38.8 Å². The molecule has 0 radical (unpaired) electrons. The minimum atomic E-state index is -1.06. The summed E-state index contributed by atoms with van der Waals surface area (Å²) in [6.07, 6.45) is 7.10. The normalized spacial score (nSPS) is 17.7. The molecule has 3 fully saturated rings. The lowest BCUT2D eigenvalue weighted by atomic mass is 10.1. The summed E-state index contributed by atoms with van der Waals surface area (Å²) in [4.78, 5) is 53.6. The van der Waals surface area contributed by atoms with Crippen LogP contribution in [0.2, 0.25) is 0 Å². The van der Waals surface area contributed by atoms with Crippen LogP contribution in [-0.4, -0.2) is 107 Å². The van der Waals surface area contributed by atoms with E-state index in [9.17, 15) is 39.0 Å². The lowest BCUT2D eigenvalue weighted by Gasteiger charge is -2.14. The molecule has 3 aromatic carbocycles. The first-order valence-corrected chi connectivity index (χ1v) is 18.7. The fourth-order valence-corrected chi connectivity index (χ4v) is 5.82. The molecular weight excluding hydrogens is 779 g/mol. The van der Waals surface area contributed by atoms with Gasteiger partial charge in [0.05, 0.1) is 77.6 Å². The molecule has 3 aliphatic rings. The van der Waals surface area contributed by atoms with Crippen molar-refractivity contribution in [3.63, 3.8) is 0 Å². The summed E-state index contributed by atoms with van der Waals surface area (Å²) in [6.45, 7) is 4.34. The molecular formula is C39H51FN6O13. The zero-order chi connectivity index (χ0) is 43.3. The van der Waals surface area contributed by atoms with E-state index < -0.39 is 33.3 Å². The summed E-state index contributed by atoms with van der Waals surface area (Å²) in [5.74, 6) is -2.69. The van der Waals surface area contributed by atoms with Crippen molar-refractivity contribution >= 4 is 46.3 Å². The maximum Gasteiger partial charge on any atom is 0.337 e. The zero-order valence-electron chi connectivity index (χ0n) is 33.1. The fourth-order valence-electron chi connectivity index (χ4n) is 5.82. The summed E-state index contributed by atoms with van der Waals surface area (Å²) < 4.78 is 42.7. The van der Waals surface area contributed by atoms with Gasteiger partial charge in [0, 0.05) is 51.6 Å². The first kappa shape index (κ1) is 47.4. The number of hydrogen-bond acceptors (Lipinski definition) is 17. The van der Waals surface area contributed by atoms with Gasteiger partial charge in [-0.1, -0.05) is 0 Å². The van der Waals surface area contributed by atoms with Crippen LogP contribution in [0.5, 0.6) is 0 Å². The molecule has 0 aromatic heterocycles. The third-order valence-corrected chi connectivity index (χ3v) is 9.03. The Morgan fingerprint density at radius 2 is 1.08 bits per heavy atom. The number of carbonyl (C=O) groups is 3. The van der Waals surface area contributed by atoms with Gasteiger partial charge in [-0.3, -0.25) is 20.2 Å². The van der Waals surface area contributed by atoms with Crippen LogP contribution in [0.25, 0.3) is 0 Å². The van der Waals surface area contributed by atoms with Crippen molar-refractivity contribution in [2.75, 3.05) is 77.2 Å². The molecule has 0 spiro atoms. The Balaban J connectivity index is 0.000000221. The van der Waals surface area contributed by atoms with Gasteiger partial charge in [-0.05, 0) is 81.0 Å². The number of hydrogen-bond donors (Lipinski definition) is 4. The molecule has 19 nitrogen and oxygen atoms in total. The predicted octanol–water partition coefficient (Wildman–Crippen LogP) is 5.26. The second-order valence-corrected chi connectivity index (χ2v) is 13.1. The standard InChI is InChI=1S/C13H16N2O5.C13H18N2O3.C8H6FNO4.C5H11NO/c1-19-13(16)9-4-5-12(15(17)18)11(7-9)14-8-10-3-2-6-20-10;1-17-13(16)9-4-5-11(14)12(7-9)15-8-10-3-2-6-18-10;1-14-8(11)5-2-3-7(10(12)13)6(9)4-5;6-4-5-2-1-3-7-5/h4-5,7,10,14H,2-3,6,8H2,1H3;4-5,7,10,15H,2-3,6,8,14H2,1H3;2-4H,1H3;5H,1-4,6H2/t2*10-;;5-/m00.0/s1. The third-order valence-electron chi connectivity index (χ3n) is 9.03. The number of benzene rings is 3. The van der Waals surface area contributed by atoms with Crippen molar-refractivity contribution < 1.29 is 57.0 Å². The number of nitrogens with zero attached hydrogens (tertiary/aromatic N) is 2. The van der Waals surface area contributed by atoms with Gasteiger partial charge < -0.3 is 50.5 Å². The predicted molar refractivity (Wildman–Crippen MR) is 214 cm³/mol. The first-order chi connectivity index (χ1) is 28.3. The Morgan fingerprint density at radius 1 is 0.678 bits per heavy atom. The van der Waals surface area contributed by atoms with Crippen molar-refractivity contribution in [3.8, 4) is 0 Å². The second kappa shape index (κ2) is 24.7. The lowest BCUT2D eigenvalue weighted by Crippen LogP contribution is -2.19. The molecule has 59 heavy (non-hydrogen) atoms. The van der Waals surface area contributed by atoms with Crippen LogP contribution in [0.3, 0.4) is 0 Å². The summed E-state index contributed by atoms with van der Waals surface area (Å²) in [6, 6.07) is 12.0. The topological polar surface area (TPSA) is 269 Å². The van der Waals surface area contributed by atoms with Gasteiger partial charge >= 0.3 is 23.6 Å². The Kier molecular flexibility index (Phi) is 19.9. The molecule has 3 atom stereocenters. The molecule has 0 saturated carbocycles. The minimum absolute atomic E-state index is 0.0522. The number of halogens is 1. The van der Waals surface area contributed by atoms with Gasteiger partial charge in [-0.2, -0.15) is 4.39 Å². The lowest BCUT2D eigenvalue weighted by molar-refractivity contribution is -0.387. The van der Waals surface area contributed by atoms with Crippen molar-refractivity contribution in [2.45, 2.75) is 56.8 Å². The van der Waals surface area contributed by atoms with Gasteiger partial charge in [0.25, 0.3) is 5.69 Å². The number of anilines is 3. The van der Waals surface area contributed by atoms with Crippen molar-refractivity contribution in [1.82, 2.24) is 0 Å².